The summed E-state index contributed by atoms with van der Waals surface area (Å²) >= 11 is 0. The van der Waals surface area contributed by atoms with Crippen LogP contribution in [0.5, 0.6) is 0 Å². The fourth-order valence-corrected chi connectivity index (χ4v) is 3.65. The minimum atomic E-state index is 0.142. The molecule has 0 radical (unpaired) electrons. The lowest BCUT2D eigenvalue weighted by Gasteiger charge is -2.33. The second-order valence-corrected chi connectivity index (χ2v) is 7.16. The fourth-order valence-electron chi connectivity index (χ4n) is 3.65. The number of ether oxygens (including phenoxy) is 1. The number of pyridine rings is 1. The zero-order chi connectivity index (χ0) is 18.4. The highest BCUT2D eigenvalue weighted by molar-refractivity contribution is 5.95. The lowest BCUT2D eigenvalue weighted by molar-refractivity contribution is 0.0660. The molecule has 0 saturated carbocycles. The molecule has 3 rings (SSSR count). The Labute approximate surface area is 156 Å². The van der Waals surface area contributed by atoms with Crippen LogP contribution in [-0.4, -0.2) is 42.6 Å². The first kappa shape index (κ1) is 18.6. The molecule has 1 aliphatic heterocycles. The number of methoxy groups -OCH3 is 1. The summed E-state index contributed by atoms with van der Waals surface area (Å²) in [4.78, 5) is 19.4. The molecule has 0 bridgehead atoms. The third-order valence-electron chi connectivity index (χ3n) is 5.12. The zero-order valence-electron chi connectivity index (χ0n) is 15.8. The summed E-state index contributed by atoms with van der Waals surface area (Å²) in [6.45, 7) is 4.50. The Morgan fingerprint density at radius 3 is 2.92 bits per heavy atom. The van der Waals surface area contributed by atoms with Crippen LogP contribution >= 0.6 is 0 Å². The van der Waals surface area contributed by atoms with Gasteiger partial charge in [-0.05, 0) is 62.3 Å². The number of rotatable bonds is 6. The lowest BCUT2D eigenvalue weighted by Crippen LogP contribution is -2.40. The Morgan fingerprint density at radius 1 is 1.27 bits per heavy atom. The average Bonchev–Trinajstić information content (AvgIpc) is 2.68. The van der Waals surface area contributed by atoms with Gasteiger partial charge in [-0.15, -0.1) is 0 Å². The standard InChI is InChI=1S/C22H28N2O2/c1-17-10-11-21(15-23-17)19-8-3-9-20(14-19)22(25)24-12-4-6-18(16-24)7-5-13-26-2/h3,8-11,14-15,18H,4-7,12-13,16H2,1-2H3/t18-/m1/s1. The third kappa shape index (κ3) is 4.70. The van der Waals surface area contributed by atoms with Crippen molar-refractivity contribution in [3.63, 3.8) is 0 Å². The number of aryl methyl sites for hydroxylation is 1. The minimum Gasteiger partial charge on any atom is -0.385 e. The zero-order valence-corrected chi connectivity index (χ0v) is 15.8. The van der Waals surface area contributed by atoms with Crippen molar-refractivity contribution in [2.75, 3.05) is 26.8 Å². The van der Waals surface area contributed by atoms with Gasteiger partial charge >= 0.3 is 0 Å². The van der Waals surface area contributed by atoms with Gasteiger partial charge in [0.05, 0.1) is 0 Å². The van der Waals surface area contributed by atoms with Gasteiger partial charge in [-0.25, -0.2) is 0 Å². The topological polar surface area (TPSA) is 42.4 Å². The summed E-state index contributed by atoms with van der Waals surface area (Å²) in [5.41, 5.74) is 3.84. The summed E-state index contributed by atoms with van der Waals surface area (Å²) in [6, 6.07) is 12.0. The fraction of sp³-hybridized carbons (Fsp3) is 0.455. The van der Waals surface area contributed by atoms with Crippen molar-refractivity contribution < 1.29 is 9.53 Å². The Bertz CT molecular complexity index is 727. The monoisotopic (exact) mass is 352 g/mol. The second-order valence-electron chi connectivity index (χ2n) is 7.16. The van der Waals surface area contributed by atoms with E-state index in [4.69, 9.17) is 4.74 Å². The van der Waals surface area contributed by atoms with E-state index in [0.717, 1.165) is 61.3 Å². The van der Waals surface area contributed by atoms with Gasteiger partial charge in [-0.3, -0.25) is 9.78 Å². The van der Waals surface area contributed by atoms with Crippen molar-refractivity contribution in [2.24, 2.45) is 5.92 Å². The maximum atomic E-state index is 13.0. The number of carbonyl (C=O) groups is 1. The van der Waals surface area contributed by atoms with E-state index in [1.165, 1.54) is 6.42 Å². The molecule has 138 valence electrons. The van der Waals surface area contributed by atoms with E-state index in [-0.39, 0.29) is 5.91 Å². The van der Waals surface area contributed by atoms with Gasteiger partial charge in [0.2, 0.25) is 0 Å². The number of hydrogen-bond donors (Lipinski definition) is 0. The maximum absolute atomic E-state index is 13.0. The number of likely N-dealkylation sites (tertiary alicyclic amines) is 1. The average molecular weight is 352 g/mol. The molecule has 1 aliphatic rings. The second kappa shape index (κ2) is 8.95. The molecular weight excluding hydrogens is 324 g/mol. The van der Waals surface area contributed by atoms with Crippen LogP contribution < -0.4 is 0 Å². The third-order valence-corrected chi connectivity index (χ3v) is 5.12. The summed E-state index contributed by atoms with van der Waals surface area (Å²) in [6.07, 6.45) is 6.37. The number of benzene rings is 1. The van der Waals surface area contributed by atoms with Crippen molar-refractivity contribution in [3.05, 3.63) is 53.9 Å². The molecule has 2 aromatic rings. The molecule has 0 spiro atoms. The molecule has 1 fully saturated rings. The van der Waals surface area contributed by atoms with Crippen LogP contribution in [0.25, 0.3) is 11.1 Å². The first-order valence-electron chi connectivity index (χ1n) is 9.48. The number of hydrogen-bond acceptors (Lipinski definition) is 3. The number of carbonyl (C=O) groups excluding carboxylic acids is 1. The molecule has 2 heterocycles. The SMILES string of the molecule is COCCC[C@H]1CCCN(C(=O)c2cccc(-c3ccc(C)nc3)c2)C1. The van der Waals surface area contributed by atoms with Gasteiger partial charge < -0.3 is 9.64 Å². The number of aromatic nitrogens is 1. The van der Waals surface area contributed by atoms with Crippen LogP contribution in [0.2, 0.25) is 0 Å². The molecule has 4 heteroatoms. The van der Waals surface area contributed by atoms with Crippen LogP contribution in [0.3, 0.4) is 0 Å². The molecule has 1 aromatic carbocycles. The minimum absolute atomic E-state index is 0.142. The number of nitrogens with zero attached hydrogens (tertiary/aromatic N) is 2. The first-order chi connectivity index (χ1) is 12.7. The van der Waals surface area contributed by atoms with E-state index < -0.39 is 0 Å². The predicted molar refractivity (Wildman–Crippen MR) is 104 cm³/mol. The number of piperidine rings is 1. The Balaban J connectivity index is 1.69. The Kier molecular flexibility index (Phi) is 6.40. The summed E-state index contributed by atoms with van der Waals surface area (Å²) < 4.78 is 5.15. The molecule has 4 nitrogen and oxygen atoms in total. The maximum Gasteiger partial charge on any atom is 0.253 e. The molecule has 0 unspecified atom stereocenters. The van der Waals surface area contributed by atoms with Crippen molar-refractivity contribution in [1.29, 1.82) is 0 Å². The van der Waals surface area contributed by atoms with Crippen LogP contribution in [-0.2, 0) is 4.74 Å². The molecule has 1 saturated heterocycles. The van der Waals surface area contributed by atoms with E-state index in [1.54, 1.807) is 7.11 Å². The van der Waals surface area contributed by atoms with Gasteiger partial charge in [0.15, 0.2) is 0 Å². The molecule has 1 atom stereocenters. The lowest BCUT2D eigenvalue weighted by atomic mass is 9.93. The first-order valence-corrected chi connectivity index (χ1v) is 9.48. The summed E-state index contributed by atoms with van der Waals surface area (Å²) in [7, 11) is 1.74. The van der Waals surface area contributed by atoms with Crippen molar-refractivity contribution >= 4 is 5.91 Å². The van der Waals surface area contributed by atoms with E-state index in [1.807, 2.05) is 48.4 Å². The molecule has 0 N–H and O–H groups in total. The summed E-state index contributed by atoms with van der Waals surface area (Å²) in [5, 5.41) is 0. The van der Waals surface area contributed by atoms with Crippen molar-refractivity contribution in [3.8, 4) is 11.1 Å². The number of amides is 1. The van der Waals surface area contributed by atoms with Gasteiger partial charge in [-0.1, -0.05) is 18.2 Å². The van der Waals surface area contributed by atoms with E-state index >= 15 is 0 Å². The van der Waals surface area contributed by atoms with Gasteiger partial charge in [0, 0.05) is 49.8 Å². The quantitative estimate of drug-likeness (QED) is 0.727. The van der Waals surface area contributed by atoms with Crippen LogP contribution in [0.4, 0.5) is 0 Å². The highest BCUT2D eigenvalue weighted by atomic mass is 16.5. The highest BCUT2D eigenvalue weighted by Gasteiger charge is 2.24. The largest absolute Gasteiger partial charge is 0.385 e. The predicted octanol–water partition coefficient (Wildman–Crippen LogP) is 4.34. The van der Waals surface area contributed by atoms with Crippen molar-refractivity contribution in [1.82, 2.24) is 9.88 Å². The Hall–Kier alpha value is -2.20. The van der Waals surface area contributed by atoms with E-state index in [9.17, 15) is 4.79 Å². The molecule has 0 aliphatic carbocycles. The molecule has 1 aromatic heterocycles. The Morgan fingerprint density at radius 2 is 2.15 bits per heavy atom. The molecular formula is C22H28N2O2. The van der Waals surface area contributed by atoms with Crippen LogP contribution in [0.15, 0.2) is 42.6 Å². The highest BCUT2D eigenvalue weighted by Crippen LogP contribution is 2.24. The van der Waals surface area contributed by atoms with Crippen LogP contribution in [0, 0.1) is 12.8 Å². The molecule has 26 heavy (non-hydrogen) atoms. The van der Waals surface area contributed by atoms with Crippen molar-refractivity contribution in [2.45, 2.75) is 32.6 Å². The summed E-state index contributed by atoms with van der Waals surface area (Å²) in [5.74, 6) is 0.732. The van der Waals surface area contributed by atoms with Gasteiger partial charge in [0.25, 0.3) is 5.91 Å². The van der Waals surface area contributed by atoms with Gasteiger partial charge in [-0.2, -0.15) is 0 Å². The smallest absolute Gasteiger partial charge is 0.253 e. The van der Waals surface area contributed by atoms with Gasteiger partial charge in [0.1, 0.15) is 0 Å². The van der Waals surface area contributed by atoms with E-state index in [0.29, 0.717) is 5.92 Å². The molecule has 1 amide bonds. The van der Waals surface area contributed by atoms with E-state index in [2.05, 4.69) is 11.1 Å². The normalized spacial score (nSPS) is 17.3. The van der Waals surface area contributed by atoms with Crippen LogP contribution in [0.1, 0.15) is 41.7 Å².